The number of carbonyl (C=O) groups excluding carboxylic acids is 1. The summed E-state index contributed by atoms with van der Waals surface area (Å²) < 4.78 is 1.85. The van der Waals surface area contributed by atoms with Gasteiger partial charge in [0.15, 0.2) is 0 Å². The maximum Gasteiger partial charge on any atom is 0.261 e. The van der Waals surface area contributed by atoms with Crippen molar-refractivity contribution in [1.29, 1.82) is 0 Å². The first-order valence-corrected chi connectivity index (χ1v) is 7.35. The van der Waals surface area contributed by atoms with E-state index in [-0.39, 0.29) is 5.91 Å². The van der Waals surface area contributed by atoms with Crippen LogP contribution in [0.25, 0.3) is 10.2 Å². The largest absolute Gasteiger partial charge is 0.351 e. The van der Waals surface area contributed by atoms with E-state index in [0.29, 0.717) is 18.2 Å². The lowest BCUT2D eigenvalue weighted by atomic mass is 10.1. The summed E-state index contributed by atoms with van der Waals surface area (Å²) in [5.74, 6) is 0.978. The van der Waals surface area contributed by atoms with Crippen LogP contribution in [0.15, 0.2) is 6.07 Å². The first-order chi connectivity index (χ1) is 8.54. The number of hydrogen-bond acceptors (Lipinski definition) is 4. The zero-order valence-electron chi connectivity index (χ0n) is 10.7. The van der Waals surface area contributed by atoms with E-state index in [1.165, 1.54) is 11.3 Å². The summed E-state index contributed by atoms with van der Waals surface area (Å²) in [5, 5.41) is 8.42. The fourth-order valence-electron chi connectivity index (χ4n) is 1.86. The third-order valence-electron chi connectivity index (χ3n) is 2.71. The Kier molecular flexibility index (Phi) is 3.97. The second kappa shape index (κ2) is 5.32. The van der Waals surface area contributed by atoms with Crippen LogP contribution in [0.3, 0.4) is 0 Å². The van der Waals surface area contributed by atoms with Gasteiger partial charge in [-0.2, -0.15) is 17.7 Å². The molecular formula is C12H17N3OS2. The molecule has 98 valence electrons. The highest BCUT2D eigenvalue weighted by Crippen LogP contribution is 2.31. The van der Waals surface area contributed by atoms with Crippen molar-refractivity contribution in [2.75, 3.05) is 12.3 Å². The average molecular weight is 283 g/mol. The van der Waals surface area contributed by atoms with Gasteiger partial charge in [0, 0.05) is 24.7 Å². The molecule has 0 saturated carbocycles. The number of aryl methyl sites for hydroxylation is 1. The Morgan fingerprint density at radius 1 is 1.61 bits per heavy atom. The maximum absolute atomic E-state index is 11.9. The fourth-order valence-corrected chi connectivity index (χ4v) is 2.97. The highest BCUT2D eigenvalue weighted by Gasteiger charge is 2.17. The van der Waals surface area contributed by atoms with Crippen LogP contribution in [0.5, 0.6) is 0 Å². The monoisotopic (exact) mass is 283 g/mol. The zero-order chi connectivity index (χ0) is 13.3. The van der Waals surface area contributed by atoms with Crippen molar-refractivity contribution in [3.05, 3.63) is 16.6 Å². The number of aromatic nitrogens is 2. The van der Waals surface area contributed by atoms with Gasteiger partial charge in [0.05, 0.1) is 10.6 Å². The lowest BCUT2D eigenvalue weighted by molar-refractivity contribution is 0.0960. The average Bonchev–Trinajstić information content (AvgIpc) is 2.87. The number of nitrogens with zero attached hydrogens (tertiary/aromatic N) is 2. The summed E-state index contributed by atoms with van der Waals surface area (Å²) in [6, 6.07) is 1.94. The van der Waals surface area contributed by atoms with Crippen molar-refractivity contribution >= 4 is 40.1 Å². The maximum atomic E-state index is 11.9. The van der Waals surface area contributed by atoms with Crippen LogP contribution in [-0.2, 0) is 7.05 Å². The van der Waals surface area contributed by atoms with Gasteiger partial charge >= 0.3 is 0 Å². The minimum atomic E-state index is -0.0278. The molecule has 0 saturated heterocycles. The highest BCUT2D eigenvalue weighted by atomic mass is 32.1. The molecule has 1 amide bonds. The van der Waals surface area contributed by atoms with Gasteiger partial charge in [-0.15, -0.1) is 11.3 Å². The van der Waals surface area contributed by atoms with E-state index in [2.05, 4.69) is 36.9 Å². The van der Waals surface area contributed by atoms with Crippen molar-refractivity contribution in [3.63, 3.8) is 0 Å². The quantitative estimate of drug-likeness (QED) is 0.847. The van der Waals surface area contributed by atoms with E-state index >= 15 is 0 Å². The molecule has 0 aromatic carbocycles. The van der Waals surface area contributed by atoms with Crippen LogP contribution < -0.4 is 5.32 Å². The van der Waals surface area contributed by atoms with Gasteiger partial charge in [0.1, 0.15) is 4.83 Å². The fraction of sp³-hybridized carbons (Fsp3) is 0.500. The molecule has 2 rings (SSSR count). The Morgan fingerprint density at radius 2 is 2.33 bits per heavy atom. The van der Waals surface area contributed by atoms with Crippen molar-refractivity contribution in [3.8, 4) is 0 Å². The summed E-state index contributed by atoms with van der Waals surface area (Å²) in [4.78, 5) is 13.7. The summed E-state index contributed by atoms with van der Waals surface area (Å²) in [6.07, 6.45) is 0. The Balaban J connectivity index is 2.38. The number of rotatable bonds is 4. The molecule has 1 N–H and O–H groups in total. The van der Waals surface area contributed by atoms with Gasteiger partial charge in [-0.25, -0.2) is 0 Å². The van der Waals surface area contributed by atoms with Crippen LogP contribution in [-0.4, -0.2) is 28.0 Å². The summed E-state index contributed by atoms with van der Waals surface area (Å²) in [5.41, 5.74) is 1.05. The molecule has 0 bridgehead atoms. The molecule has 0 aliphatic rings. The predicted molar refractivity (Wildman–Crippen MR) is 78.9 cm³/mol. The normalized spacial score (nSPS) is 11.4. The van der Waals surface area contributed by atoms with E-state index in [9.17, 15) is 4.79 Å². The molecule has 0 aliphatic carbocycles. The number of hydrogen-bond donors (Lipinski definition) is 2. The van der Waals surface area contributed by atoms with Gasteiger partial charge in [0.25, 0.3) is 5.91 Å². The van der Waals surface area contributed by atoms with Gasteiger partial charge in [-0.1, -0.05) is 13.8 Å². The van der Waals surface area contributed by atoms with Crippen LogP contribution in [0.2, 0.25) is 0 Å². The molecule has 4 nitrogen and oxygen atoms in total. The second-order valence-corrected chi connectivity index (χ2v) is 5.95. The van der Waals surface area contributed by atoms with E-state index in [4.69, 9.17) is 0 Å². The minimum absolute atomic E-state index is 0.0278. The van der Waals surface area contributed by atoms with Crippen molar-refractivity contribution in [1.82, 2.24) is 15.1 Å². The molecule has 18 heavy (non-hydrogen) atoms. The molecule has 6 heteroatoms. The molecule has 0 radical (unpaired) electrons. The molecule has 0 atom stereocenters. The second-order valence-electron chi connectivity index (χ2n) is 4.47. The van der Waals surface area contributed by atoms with Crippen molar-refractivity contribution < 1.29 is 4.79 Å². The third kappa shape index (κ3) is 2.40. The predicted octanol–water partition coefficient (Wildman–Crippen LogP) is 2.42. The van der Waals surface area contributed by atoms with Crippen molar-refractivity contribution in [2.24, 2.45) is 7.05 Å². The van der Waals surface area contributed by atoms with Crippen LogP contribution in [0.1, 0.15) is 35.1 Å². The lowest BCUT2D eigenvalue weighted by Crippen LogP contribution is -2.24. The molecule has 2 aromatic rings. The number of thiol groups is 1. The lowest BCUT2D eigenvalue weighted by Gasteiger charge is -2.00. The molecule has 0 spiro atoms. The number of fused-ring (bicyclic) bond motifs is 1. The number of thiophene rings is 1. The first kappa shape index (κ1) is 13.4. The standard InChI is InChI=1S/C12H17N3OS2/c1-7(2)10-8-6-9(11(16)13-4-5-17)18-12(8)15(3)14-10/h6-7,17H,4-5H2,1-3H3,(H,13,16). The number of carbonyl (C=O) groups is 1. The number of amides is 1. The van der Waals surface area contributed by atoms with Crippen LogP contribution >= 0.6 is 24.0 Å². The van der Waals surface area contributed by atoms with E-state index in [0.717, 1.165) is 20.8 Å². The van der Waals surface area contributed by atoms with E-state index in [1.807, 2.05) is 17.8 Å². The molecule has 2 heterocycles. The Hall–Kier alpha value is -1.01. The Labute approximate surface area is 116 Å². The summed E-state index contributed by atoms with van der Waals surface area (Å²) >= 11 is 5.56. The Morgan fingerprint density at radius 3 is 2.94 bits per heavy atom. The van der Waals surface area contributed by atoms with E-state index < -0.39 is 0 Å². The molecular weight excluding hydrogens is 266 g/mol. The Bertz CT molecular complexity index is 571. The zero-order valence-corrected chi connectivity index (χ0v) is 12.4. The SMILES string of the molecule is CC(C)c1nn(C)c2sc(C(=O)NCCS)cc12. The topological polar surface area (TPSA) is 46.9 Å². The van der Waals surface area contributed by atoms with Crippen molar-refractivity contribution in [2.45, 2.75) is 19.8 Å². The van der Waals surface area contributed by atoms with Crippen LogP contribution in [0.4, 0.5) is 0 Å². The van der Waals surface area contributed by atoms with Gasteiger partial charge in [0.2, 0.25) is 0 Å². The van der Waals surface area contributed by atoms with Gasteiger partial charge < -0.3 is 5.32 Å². The summed E-state index contributed by atoms with van der Waals surface area (Å²) in [6.45, 7) is 4.81. The first-order valence-electron chi connectivity index (χ1n) is 5.90. The van der Waals surface area contributed by atoms with Crippen LogP contribution in [0, 0.1) is 0 Å². The molecule has 2 aromatic heterocycles. The molecule has 0 fully saturated rings. The van der Waals surface area contributed by atoms with E-state index in [1.54, 1.807) is 0 Å². The smallest absolute Gasteiger partial charge is 0.261 e. The minimum Gasteiger partial charge on any atom is -0.351 e. The van der Waals surface area contributed by atoms with Gasteiger partial charge in [-0.3, -0.25) is 9.48 Å². The summed E-state index contributed by atoms with van der Waals surface area (Å²) in [7, 11) is 1.92. The highest BCUT2D eigenvalue weighted by molar-refractivity contribution is 7.80. The molecule has 0 aliphatic heterocycles. The van der Waals surface area contributed by atoms with Gasteiger partial charge in [-0.05, 0) is 12.0 Å². The molecule has 0 unspecified atom stereocenters. The number of nitrogens with one attached hydrogen (secondary N) is 1. The third-order valence-corrected chi connectivity index (χ3v) is 4.13.